The summed E-state index contributed by atoms with van der Waals surface area (Å²) in [4.78, 5) is 12.8. The number of amides is 1. The van der Waals surface area contributed by atoms with E-state index >= 15 is 0 Å². The van der Waals surface area contributed by atoms with Crippen LogP contribution in [0.15, 0.2) is 77.7 Å². The topological polar surface area (TPSA) is 84.9 Å². The molecule has 9 heteroatoms. The van der Waals surface area contributed by atoms with Gasteiger partial charge in [0.05, 0.1) is 11.4 Å². The van der Waals surface area contributed by atoms with Crippen LogP contribution in [0.4, 0.5) is 0 Å². The van der Waals surface area contributed by atoms with Crippen LogP contribution in [-0.4, -0.2) is 44.9 Å². The van der Waals surface area contributed by atoms with E-state index in [1.807, 2.05) is 18.2 Å². The highest BCUT2D eigenvalue weighted by Crippen LogP contribution is 2.23. The maximum atomic E-state index is 12.7. The molecule has 1 heterocycles. The summed E-state index contributed by atoms with van der Waals surface area (Å²) in [7, 11) is -3.47. The number of rotatable bonds is 10. The van der Waals surface area contributed by atoms with Crippen molar-refractivity contribution in [3.63, 3.8) is 0 Å². The van der Waals surface area contributed by atoms with Crippen molar-refractivity contribution in [1.29, 1.82) is 0 Å². The SMILES string of the molecule is O=C(NCCOc1ccc(S(=O)(=O)N2CCCCC2)cc1)c1cccc(OCc2ccccc2Cl)c1. The lowest BCUT2D eigenvalue weighted by atomic mass is 10.2. The zero-order valence-corrected chi connectivity index (χ0v) is 21.4. The van der Waals surface area contributed by atoms with Gasteiger partial charge in [0.1, 0.15) is 24.7 Å². The van der Waals surface area contributed by atoms with Crippen molar-refractivity contribution in [2.75, 3.05) is 26.2 Å². The van der Waals surface area contributed by atoms with Crippen LogP contribution >= 0.6 is 11.6 Å². The highest BCUT2D eigenvalue weighted by molar-refractivity contribution is 7.89. The lowest BCUT2D eigenvalue weighted by molar-refractivity contribution is 0.0946. The van der Waals surface area contributed by atoms with E-state index in [0.717, 1.165) is 24.8 Å². The zero-order chi connectivity index (χ0) is 25.4. The predicted octanol–water partition coefficient (Wildman–Crippen LogP) is 4.90. The molecular weight excluding hydrogens is 500 g/mol. The Balaban J connectivity index is 1.23. The van der Waals surface area contributed by atoms with Gasteiger partial charge in [-0.3, -0.25) is 4.79 Å². The van der Waals surface area contributed by atoms with Gasteiger partial charge in [-0.2, -0.15) is 4.31 Å². The van der Waals surface area contributed by atoms with E-state index in [4.69, 9.17) is 21.1 Å². The maximum absolute atomic E-state index is 12.7. The first-order valence-electron chi connectivity index (χ1n) is 11.9. The van der Waals surface area contributed by atoms with E-state index < -0.39 is 10.0 Å². The van der Waals surface area contributed by atoms with Crippen LogP contribution in [0.1, 0.15) is 35.2 Å². The number of carbonyl (C=O) groups is 1. The fraction of sp³-hybridized carbons (Fsp3) is 0.296. The summed E-state index contributed by atoms with van der Waals surface area (Å²) in [5.41, 5.74) is 1.34. The summed E-state index contributed by atoms with van der Waals surface area (Å²) >= 11 is 6.16. The summed E-state index contributed by atoms with van der Waals surface area (Å²) in [6, 6.07) is 20.8. The second-order valence-electron chi connectivity index (χ2n) is 8.45. The van der Waals surface area contributed by atoms with Crippen molar-refractivity contribution in [1.82, 2.24) is 9.62 Å². The molecule has 1 amide bonds. The Hall–Kier alpha value is -3.07. The Kier molecular flexibility index (Phi) is 8.85. The number of halogens is 1. The van der Waals surface area contributed by atoms with Gasteiger partial charge in [-0.05, 0) is 61.4 Å². The second kappa shape index (κ2) is 12.3. The third-order valence-corrected chi connectivity index (χ3v) is 8.16. The minimum atomic E-state index is -3.47. The van der Waals surface area contributed by atoms with Gasteiger partial charge in [-0.25, -0.2) is 8.42 Å². The number of carbonyl (C=O) groups excluding carboxylic acids is 1. The van der Waals surface area contributed by atoms with E-state index in [2.05, 4.69) is 5.32 Å². The molecule has 190 valence electrons. The monoisotopic (exact) mass is 528 g/mol. The molecule has 0 bridgehead atoms. The van der Waals surface area contributed by atoms with Gasteiger partial charge >= 0.3 is 0 Å². The van der Waals surface area contributed by atoms with Crippen molar-refractivity contribution in [2.24, 2.45) is 0 Å². The standard InChI is InChI=1S/C27H29ClN2O5S/c28-26-10-3-2-7-22(26)20-35-24-9-6-8-21(19-24)27(31)29-15-18-34-23-11-13-25(14-12-23)36(32,33)30-16-4-1-5-17-30/h2-3,6-14,19H,1,4-5,15-18,20H2,(H,29,31). The first-order valence-corrected chi connectivity index (χ1v) is 13.7. The van der Waals surface area contributed by atoms with Crippen molar-refractivity contribution in [3.05, 3.63) is 88.9 Å². The minimum Gasteiger partial charge on any atom is -0.492 e. The molecular formula is C27H29ClN2O5S. The van der Waals surface area contributed by atoms with Crippen molar-refractivity contribution in [2.45, 2.75) is 30.8 Å². The van der Waals surface area contributed by atoms with Crippen LogP contribution in [-0.2, 0) is 16.6 Å². The highest BCUT2D eigenvalue weighted by atomic mass is 35.5. The summed E-state index contributed by atoms with van der Waals surface area (Å²) in [6.07, 6.45) is 2.86. The van der Waals surface area contributed by atoms with Gasteiger partial charge in [0, 0.05) is 29.2 Å². The molecule has 0 saturated carbocycles. The average Bonchev–Trinajstić information content (AvgIpc) is 2.91. The molecule has 1 aliphatic heterocycles. The molecule has 1 fully saturated rings. The fourth-order valence-corrected chi connectivity index (χ4v) is 5.61. The lowest BCUT2D eigenvalue weighted by Gasteiger charge is -2.25. The number of nitrogens with zero attached hydrogens (tertiary/aromatic N) is 1. The van der Waals surface area contributed by atoms with Crippen LogP contribution in [0, 0.1) is 0 Å². The Morgan fingerprint density at radius 1 is 0.889 bits per heavy atom. The van der Waals surface area contributed by atoms with Crippen LogP contribution < -0.4 is 14.8 Å². The molecule has 0 radical (unpaired) electrons. The number of sulfonamides is 1. The smallest absolute Gasteiger partial charge is 0.251 e. The van der Waals surface area contributed by atoms with Gasteiger partial charge in [-0.1, -0.05) is 42.3 Å². The summed E-state index contributed by atoms with van der Waals surface area (Å²) < 4.78 is 38.5. The van der Waals surface area contributed by atoms with Gasteiger partial charge in [-0.15, -0.1) is 0 Å². The largest absolute Gasteiger partial charge is 0.492 e. The molecule has 1 saturated heterocycles. The average molecular weight is 529 g/mol. The summed E-state index contributed by atoms with van der Waals surface area (Å²) in [5, 5.41) is 3.44. The number of hydrogen-bond acceptors (Lipinski definition) is 5. The molecule has 0 aromatic heterocycles. The third-order valence-electron chi connectivity index (χ3n) is 5.88. The molecule has 36 heavy (non-hydrogen) atoms. The van der Waals surface area contributed by atoms with Gasteiger partial charge in [0.2, 0.25) is 10.0 Å². The zero-order valence-electron chi connectivity index (χ0n) is 19.9. The summed E-state index contributed by atoms with van der Waals surface area (Å²) in [6.45, 7) is 1.97. The Bertz CT molecular complexity index is 1280. The number of nitrogens with one attached hydrogen (secondary N) is 1. The Morgan fingerprint density at radius 2 is 1.64 bits per heavy atom. The predicted molar refractivity (Wildman–Crippen MR) is 139 cm³/mol. The minimum absolute atomic E-state index is 0.243. The molecule has 4 rings (SSSR count). The van der Waals surface area contributed by atoms with Crippen molar-refractivity contribution < 1.29 is 22.7 Å². The Labute approximate surface area is 217 Å². The number of benzene rings is 3. The first kappa shape index (κ1) is 26.0. The molecule has 0 unspecified atom stereocenters. The molecule has 7 nitrogen and oxygen atoms in total. The van der Waals surface area contributed by atoms with E-state index in [-0.39, 0.29) is 24.0 Å². The number of ether oxygens (including phenoxy) is 2. The van der Waals surface area contributed by atoms with E-state index in [1.54, 1.807) is 58.9 Å². The third kappa shape index (κ3) is 6.78. The molecule has 0 spiro atoms. The molecule has 0 aliphatic carbocycles. The van der Waals surface area contributed by atoms with E-state index in [0.29, 0.717) is 41.8 Å². The number of hydrogen-bond donors (Lipinski definition) is 1. The quantitative estimate of drug-likeness (QED) is 0.378. The second-order valence-corrected chi connectivity index (χ2v) is 10.8. The van der Waals surface area contributed by atoms with Crippen LogP contribution in [0.3, 0.4) is 0 Å². The van der Waals surface area contributed by atoms with Crippen LogP contribution in [0.25, 0.3) is 0 Å². The molecule has 3 aromatic rings. The van der Waals surface area contributed by atoms with Crippen molar-refractivity contribution in [3.8, 4) is 11.5 Å². The molecule has 1 N–H and O–H groups in total. The van der Waals surface area contributed by atoms with Crippen molar-refractivity contribution >= 4 is 27.5 Å². The van der Waals surface area contributed by atoms with Gasteiger partial charge < -0.3 is 14.8 Å². The van der Waals surface area contributed by atoms with Gasteiger partial charge in [0.15, 0.2) is 0 Å². The fourth-order valence-electron chi connectivity index (χ4n) is 3.90. The lowest BCUT2D eigenvalue weighted by Crippen LogP contribution is -2.35. The van der Waals surface area contributed by atoms with Crippen LogP contribution in [0.5, 0.6) is 11.5 Å². The molecule has 0 atom stereocenters. The maximum Gasteiger partial charge on any atom is 0.251 e. The molecule has 3 aromatic carbocycles. The number of piperidine rings is 1. The van der Waals surface area contributed by atoms with E-state index in [9.17, 15) is 13.2 Å². The van der Waals surface area contributed by atoms with Gasteiger partial charge in [0.25, 0.3) is 5.91 Å². The normalized spacial score (nSPS) is 14.2. The van der Waals surface area contributed by atoms with Crippen LogP contribution in [0.2, 0.25) is 5.02 Å². The first-order chi connectivity index (χ1) is 17.4. The molecule has 1 aliphatic rings. The Morgan fingerprint density at radius 3 is 2.39 bits per heavy atom. The van der Waals surface area contributed by atoms with E-state index in [1.165, 1.54) is 0 Å². The summed E-state index contributed by atoms with van der Waals surface area (Å²) in [5.74, 6) is 0.861. The highest BCUT2D eigenvalue weighted by Gasteiger charge is 2.25.